The highest BCUT2D eigenvalue weighted by molar-refractivity contribution is 5.70. The summed E-state index contributed by atoms with van der Waals surface area (Å²) in [6.45, 7) is 0.126. The Morgan fingerprint density at radius 3 is 2.73 bits per heavy atom. The summed E-state index contributed by atoms with van der Waals surface area (Å²) in [4.78, 5) is 14.9. The second kappa shape index (κ2) is 7.51. The molecule has 0 aliphatic heterocycles. The quantitative estimate of drug-likeness (QED) is 0.636. The molecule has 1 aromatic heterocycles. The Morgan fingerprint density at radius 2 is 2.09 bits per heavy atom. The van der Waals surface area contributed by atoms with Crippen molar-refractivity contribution in [1.29, 1.82) is 0 Å². The molecule has 0 fully saturated rings. The third-order valence-corrected chi connectivity index (χ3v) is 3.45. The molecule has 0 radical (unpaired) electrons. The molecular formula is C16H18FN3O2. The van der Waals surface area contributed by atoms with Crippen LogP contribution in [0.3, 0.4) is 0 Å². The minimum absolute atomic E-state index is 0.0642. The average Bonchev–Trinajstić information content (AvgIpc) is 2.52. The molecule has 2 rings (SSSR count). The number of pyridine rings is 1. The summed E-state index contributed by atoms with van der Waals surface area (Å²) < 4.78 is 13.5. The van der Waals surface area contributed by atoms with Crippen molar-refractivity contribution in [3.63, 3.8) is 0 Å². The lowest BCUT2D eigenvalue weighted by molar-refractivity contribution is -0.0403. The highest BCUT2D eigenvalue weighted by atomic mass is 19.1. The molecule has 2 amide bonds. The zero-order valence-corrected chi connectivity index (χ0v) is 12.0. The van der Waals surface area contributed by atoms with Gasteiger partial charge < -0.3 is 5.73 Å². The van der Waals surface area contributed by atoms with Crippen molar-refractivity contribution in [2.24, 2.45) is 5.73 Å². The number of hydroxylamine groups is 2. The van der Waals surface area contributed by atoms with E-state index in [1.807, 2.05) is 18.2 Å². The van der Waals surface area contributed by atoms with Crippen LogP contribution < -0.4 is 5.73 Å². The van der Waals surface area contributed by atoms with Gasteiger partial charge in [0.1, 0.15) is 5.82 Å². The SMILES string of the molecule is NC(=O)N(O)CCCC(c1cccnc1)c1cccc(F)c1. The van der Waals surface area contributed by atoms with Gasteiger partial charge in [-0.25, -0.2) is 14.2 Å². The number of carbonyl (C=O) groups excluding carboxylic acids is 1. The summed E-state index contributed by atoms with van der Waals surface area (Å²) >= 11 is 0. The topological polar surface area (TPSA) is 79.5 Å². The number of urea groups is 1. The number of aromatic nitrogens is 1. The number of benzene rings is 1. The van der Waals surface area contributed by atoms with E-state index in [4.69, 9.17) is 5.73 Å². The fourth-order valence-electron chi connectivity index (χ4n) is 2.39. The summed E-state index contributed by atoms with van der Waals surface area (Å²) in [5.74, 6) is -0.363. The van der Waals surface area contributed by atoms with Crippen LogP contribution in [0, 0.1) is 5.82 Å². The molecule has 0 spiro atoms. The smallest absolute Gasteiger partial charge is 0.338 e. The van der Waals surface area contributed by atoms with Gasteiger partial charge in [0.25, 0.3) is 0 Å². The Morgan fingerprint density at radius 1 is 1.32 bits per heavy atom. The van der Waals surface area contributed by atoms with Gasteiger partial charge in [-0.15, -0.1) is 0 Å². The lowest BCUT2D eigenvalue weighted by atomic mass is 9.88. The van der Waals surface area contributed by atoms with Crippen LogP contribution in [0.2, 0.25) is 0 Å². The van der Waals surface area contributed by atoms with Gasteiger partial charge >= 0.3 is 6.03 Å². The summed E-state index contributed by atoms with van der Waals surface area (Å²) in [5, 5.41) is 9.79. The van der Waals surface area contributed by atoms with E-state index in [0.29, 0.717) is 17.9 Å². The highest BCUT2D eigenvalue weighted by Crippen LogP contribution is 2.29. The number of nitrogens with two attached hydrogens (primary N) is 1. The Labute approximate surface area is 128 Å². The van der Waals surface area contributed by atoms with Gasteiger partial charge in [0, 0.05) is 18.3 Å². The van der Waals surface area contributed by atoms with Crippen molar-refractivity contribution in [1.82, 2.24) is 10.0 Å². The molecule has 22 heavy (non-hydrogen) atoms. The lowest BCUT2D eigenvalue weighted by Gasteiger charge is -2.19. The van der Waals surface area contributed by atoms with Crippen LogP contribution >= 0.6 is 0 Å². The van der Waals surface area contributed by atoms with E-state index in [1.165, 1.54) is 12.1 Å². The predicted octanol–water partition coefficient (Wildman–Crippen LogP) is 2.90. The number of nitrogens with zero attached hydrogens (tertiary/aromatic N) is 2. The van der Waals surface area contributed by atoms with E-state index < -0.39 is 6.03 Å². The number of rotatable bonds is 6. The lowest BCUT2D eigenvalue weighted by Crippen LogP contribution is -2.33. The summed E-state index contributed by atoms with van der Waals surface area (Å²) in [6, 6.07) is 9.26. The third-order valence-electron chi connectivity index (χ3n) is 3.45. The number of primary amides is 1. The first-order valence-corrected chi connectivity index (χ1v) is 6.99. The highest BCUT2D eigenvalue weighted by Gasteiger charge is 2.16. The standard InChI is InChI=1S/C16H18FN3O2/c17-14-6-1-4-12(10-14)15(13-5-2-8-19-11-13)7-3-9-20(22)16(18)21/h1-2,4-6,8,10-11,15,22H,3,7,9H2,(H2,18,21). The van der Waals surface area contributed by atoms with E-state index in [1.54, 1.807) is 18.5 Å². The molecule has 5 nitrogen and oxygen atoms in total. The molecule has 0 saturated heterocycles. The monoisotopic (exact) mass is 303 g/mol. The molecule has 0 bridgehead atoms. The van der Waals surface area contributed by atoms with Gasteiger partial charge in [0.2, 0.25) is 0 Å². The molecule has 2 aromatic rings. The predicted molar refractivity (Wildman–Crippen MR) is 79.8 cm³/mol. The molecule has 1 heterocycles. The first-order chi connectivity index (χ1) is 10.6. The minimum Gasteiger partial charge on any atom is -0.350 e. The van der Waals surface area contributed by atoms with Crippen LogP contribution in [0.15, 0.2) is 48.8 Å². The van der Waals surface area contributed by atoms with Gasteiger partial charge in [0.05, 0.1) is 6.54 Å². The zero-order chi connectivity index (χ0) is 15.9. The van der Waals surface area contributed by atoms with E-state index >= 15 is 0 Å². The van der Waals surface area contributed by atoms with Gasteiger partial charge in [-0.2, -0.15) is 0 Å². The molecular weight excluding hydrogens is 285 g/mol. The maximum absolute atomic E-state index is 13.5. The van der Waals surface area contributed by atoms with Crippen LogP contribution in [0.4, 0.5) is 9.18 Å². The normalized spacial score (nSPS) is 11.9. The molecule has 116 valence electrons. The van der Waals surface area contributed by atoms with Crippen molar-refractivity contribution in [3.8, 4) is 0 Å². The Hall–Kier alpha value is -2.47. The van der Waals surface area contributed by atoms with Crippen LogP contribution in [0.1, 0.15) is 29.9 Å². The van der Waals surface area contributed by atoms with Crippen LogP contribution in [-0.4, -0.2) is 27.8 Å². The maximum atomic E-state index is 13.5. The molecule has 0 saturated carbocycles. The van der Waals surface area contributed by atoms with Gasteiger partial charge in [-0.1, -0.05) is 18.2 Å². The van der Waals surface area contributed by atoms with Crippen LogP contribution in [0.5, 0.6) is 0 Å². The first-order valence-electron chi connectivity index (χ1n) is 6.99. The van der Waals surface area contributed by atoms with Gasteiger partial charge in [0.15, 0.2) is 0 Å². The van der Waals surface area contributed by atoms with Gasteiger partial charge in [-0.3, -0.25) is 10.2 Å². The summed E-state index contributed by atoms with van der Waals surface area (Å²) in [6.07, 6.45) is 4.56. The molecule has 1 unspecified atom stereocenters. The Bertz CT molecular complexity index is 622. The van der Waals surface area contributed by atoms with Crippen LogP contribution in [0.25, 0.3) is 0 Å². The van der Waals surface area contributed by atoms with Crippen LogP contribution in [-0.2, 0) is 0 Å². The number of halogens is 1. The van der Waals surface area contributed by atoms with E-state index in [-0.39, 0.29) is 18.3 Å². The van der Waals surface area contributed by atoms with Crippen molar-refractivity contribution < 1.29 is 14.4 Å². The average molecular weight is 303 g/mol. The van der Waals surface area contributed by atoms with Crippen molar-refractivity contribution in [2.75, 3.05) is 6.54 Å². The largest absolute Gasteiger partial charge is 0.350 e. The number of carbonyl (C=O) groups is 1. The second-order valence-corrected chi connectivity index (χ2v) is 5.00. The zero-order valence-electron chi connectivity index (χ0n) is 12.0. The molecule has 1 aromatic carbocycles. The second-order valence-electron chi connectivity index (χ2n) is 5.00. The Kier molecular flexibility index (Phi) is 5.43. The van der Waals surface area contributed by atoms with E-state index in [9.17, 15) is 14.4 Å². The minimum atomic E-state index is -0.885. The van der Waals surface area contributed by atoms with Crippen molar-refractivity contribution >= 4 is 6.03 Å². The molecule has 6 heteroatoms. The third kappa shape index (κ3) is 4.26. The number of hydrogen-bond acceptors (Lipinski definition) is 3. The molecule has 0 aliphatic carbocycles. The maximum Gasteiger partial charge on any atom is 0.338 e. The van der Waals surface area contributed by atoms with E-state index in [2.05, 4.69) is 4.98 Å². The van der Waals surface area contributed by atoms with Gasteiger partial charge in [-0.05, 0) is 42.2 Å². The fourth-order valence-corrected chi connectivity index (χ4v) is 2.39. The van der Waals surface area contributed by atoms with Crippen molar-refractivity contribution in [3.05, 3.63) is 65.7 Å². The first kappa shape index (κ1) is 15.9. The molecule has 3 N–H and O–H groups in total. The fraction of sp³-hybridized carbons (Fsp3) is 0.250. The Balaban J connectivity index is 2.14. The molecule has 0 aliphatic rings. The molecule has 1 atom stereocenters. The van der Waals surface area contributed by atoms with E-state index in [0.717, 1.165) is 11.1 Å². The number of hydrogen-bond donors (Lipinski definition) is 2. The van der Waals surface area contributed by atoms with Crippen molar-refractivity contribution in [2.45, 2.75) is 18.8 Å². The number of amides is 2. The summed E-state index contributed by atoms with van der Waals surface area (Å²) in [7, 11) is 0. The summed E-state index contributed by atoms with van der Waals surface area (Å²) in [5.41, 5.74) is 6.76.